The Morgan fingerprint density at radius 1 is 1.24 bits per heavy atom. The van der Waals surface area contributed by atoms with E-state index < -0.39 is 10.1 Å². The van der Waals surface area contributed by atoms with Crippen molar-refractivity contribution in [3.05, 3.63) is 58.9 Å². The van der Waals surface area contributed by atoms with Gasteiger partial charge >= 0.3 is 10.1 Å². The Hall–Kier alpha value is -2.12. The zero-order chi connectivity index (χ0) is 17.9. The molecular weight excluding hydrogens is 362 g/mol. The van der Waals surface area contributed by atoms with Crippen LogP contribution in [-0.4, -0.2) is 30.7 Å². The number of hydrogen-bond acceptors (Lipinski definition) is 5. The predicted octanol–water partition coefficient (Wildman–Crippen LogP) is 3.36. The average molecular weight is 380 g/mol. The minimum atomic E-state index is -3.91. The van der Waals surface area contributed by atoms with Crippen LogP contribution in [0.4, 0.5) is 0 Å². The number of oxime groups is 1. The standard InChI is InChI=1S/C17H18ClN3O3S/c1-13-4-7-15(8-5-13)25(22,23)24-20-17-3-2-10-21(17)12-14-6-9-16(18)19-11-14/h4-9,11H,2-3,10,12H2,1H3. The summed E-state index contributed by atoms with van der Waals surface area (Å²) in [5, 5.41) is 4.33. The molecule has 0 aliphatic carbocycles. The smallest absolute Gasteiger partial charge is 0.353 e. The van der Waals surface area contributed by atoms with E-state index in [0.29, 0.717) is 24.0 Å². The highest BCUT2D eigenvalue weighted by Gasteiger charge is 2.22. The van der Waals surface area contributed by atoms with Gasteiger partial charge in [-0.1, -0.05) is 40.5 Å². The number of benzene rings is 1. The van der Waals surface area contributed by atoms with Crippen molar-refractivity contribution in [2.75, 3.05) is 6.54 Å². The highest BCUT2D eigenvalue weighted by molar-refractivity contribution is 7.86. The van der Waals surface area contributed by atoms with E-state index in [1.165, 1.54) is 12.1 Å². The number of rotatable bonds is 5. The Kier molecular flexibility index (Phi) is 5.24. The van der Waals surface area contributed by atoms with Crippen LogP contribution in [0.3, 0.4) is 0 Å². The molecule has 2 aromatic rings. The second-order valence-corrected chi connectivity index (χ2v) is 7.78. The van der Waals surface area contributed by atoms with Crippen LogP contribution in [0.1, 0.15) is 24.0 Å². The fourth-order valence-corrected chi connectivity index (χ4v) is 3.40. The third-order valence-electron chi connectivity index (χ3n) is 3.91. The van der Waals surface area contributed by atoms with Crippen molar-refractivity contribution >= 4 is 27.6 Å². The minimum absolute atomic E-state index is 0.0916. The Bertz CT molecular complexity index is 865. The number of hydrogen-bond donors (Lipinski definition) is 0. The Morgan fingerprint density at radius 2 is 2.00 bits per heavy atom. The van der Waals surface area contributed by atoms with E-state index >= 15 is 0 Å². The predicted molar refractivity (Wildman–Crippen MR) is 95.8 cm³/mol. The number of halogens is 1. The summed E-state index contributed by atoms with van der Waals surface area (Å²) in [5.74, 6) is 0.616. The Morgan fingerprint density at radius 3 is 2.68 bits per heavy atom. The molecule has 132 valence electrons. The zero-order valence-corrected chi connectivity index (χ0v) is 15.3. The molecule has 0 amide bonds. The fraction of sp³-hybridized carbons (Fsp3) is 0.294. The van der Waals surface area contributed by atoms with Gasteiger partial charge in [-0.3, -0.25) is 4.28 Å². The third kappa shape index (κ3) is 4.49. The molecule has 1 fully saturated rings. The first-order valence-corrected chi connectivity index (χ1v) is 9.65. The number of aromatic nitrogens is 1. The summed E-state index contributed by atoms with van der Waals surface area (Å²) in [4.78, 5) is 6.12. The van der Waals surface area contributed by atoms with Crippen molar-refractivity contribution in [1.29, 1.82) is 0 Å². The molecule has 0 N–H and O–H groups in total. The van der Waals surface area contributed by atoms with Gasteiger partial charge in [0.05, 0.1) is 0 Å². The Labute approximate surface area is 152 Å². The van der Waals surface area contributed by atoms with Gasteiger partial charge in [-0.15, -0.1) is 0 Å². The van der Waals surface area contributed by atoms with Crippen LogP contribution in [0.5, 0.6) is 0 Å². The van der Waals surface area contributed by atoms with Crippen LogP contribution in [0.25, 0.3) is 0 Å². The molecule has 0 spiro atoms. The molecule has 8 heteroatoms. The van der Waals surface area contributed by atoms with E-state index in [1.807, 2.05) is 17.9 Å². The van der Waals surface area contributed by atoms with Gasteiger partial charge in [0, 0.05) is 25.7 Å². The fourth-order valence-electron chi connectivity index (χ4n) is 2.55. The van der Waals surface area contributed by atoms with Crippen molar-refractivity contribution in [1.82, 2.24) is 9.88 Å². The van der Waals surface area contributed by atoms with E-state index in [4.69, 9.17) is 15.9 Å². The summed E-state index contributed by atoms with van der Waals surface area (Å²) in [5.41, 5.74) is 1.95. The van der Waals surface area contributed by atoms with Gasteiger partial charge < -0.3 is 4.90 Å². The number of aryl methyl sites for hydroxylation is 1. The number of amidine groups is 1. The monoisotopic (exact) mass is 379 g/mol. The first-order valence-electron chi connectivity index (χ1n) is 7.86. The molecule has 1 saturated heterocycles. The second-order valence-electron chi connectivity index (χ2n) is 5.86. The first-order chi connectivity index (χ1) is 11.9. The van der Waals surface area contributed by atoms with Crippen molar-refractivity contribution < 1.29 is 12.7 Å². The maximum absolute atomic E-state index is 12.2. The van der Waals surface area contributed by atoms with E-state index in [9.17, 15) is 8.42 Å². The van der Waals surface area contributed by atoms with Crippen LogP contribution in [-0.2, 0) is 20.9 Å². The van der Waals surface area contributed by atoms with Gasteiger partial charge in [0.1, 0.15) is 15.9 Å². The summed E-state index contributed by atoms with van der Waals surface area (Å²) in [7, 11) is -3.91. The van der Waals surface area contributed by atoms with Gasteiger partial charge in [-0.2, -0.15) is 8.42 Å². The molecule has 0 saturated carbocycles. The van der Waals surface area contributed by atoms with Crippen molar-refractivity contribution in [3.63, 3.8) is 0 Å². The van der Waals surface area contributed by atoms with Gasteiger partial charge in [-0.05, 0) is 37.1 Å². The average Bonchev–Trinajstić information content (AvgIpc) is 3.03. The molecule has 1 aromatic heterocycles. The molecule has 3 rings (SSSR count). The summed E-state index contributed by atoms with van der Waals surface area (Å²) >= 11 is 5.79. The van der Waals surface area contributed by atoms with Crippen LogP contribution in [0, 0.1) is 6.92 Å². The van der Waals surface area contributed by atoms with Gasteiger partial charge in [0.15, 0.2) is 0 Å². The van der Waals surface area contributed by atoms with E-state index in [0.717, 1.165) is 24.1 Å². The molecule has 6 nitrogen and oxygen atoms in total. The van der Waals surface area contributed by atoms with Crippen molar-refractivity contribution in [2.45, 2.75) is 31.2 Å². The molecule has 2 heterocycles. The van der Waals surface area contributed by atoms with Crippen molar-refractivity contribution in [3.8, 4) is 0 Å². The molecule has 0 unspecified atom stereocenters. The topological polar surface area (TPSA) is 71.9 Å². The maximum atomic E-state index is 12.2. The molecule has 1 aliphatic rings. The minimum Gasteiger partial charge on any atom is -0.353 e. The molecule has 25 heavy (non-hydrogen) atoms. The quantitative estimate of drug-likeness (QED) is 0.588. The van der Waals surface area contributed by atoms with Crippen molar-refractivity contribution in [2.24, 2.45) is 5.16 Å². The zero-order valence-electron chi connectivity index (χ0n) is 13.7. The Balaban J connectivity index is 1.71. The van der Waals surface area contributed by atoms with Gasteiger partial charge in [0.2, 0.25) is 0 Å². The number of pyridine rings is 1. The molecule has 1 aliphatic heterocycles. The largest absolute Gasteiger partial charge is 0.358 e. The summed E-state index contributed by atoms with van der Waals surface area (Å²) in [6, 6.07) is 10.1. The highest BCUT2D eigenvalue weighted by Crippen LogP contribution is 2.19. The van der Waals surface area contributed by atoms with Crippen LogP contribution >= 0.6 is 11.6 Å². The summed E-state index contributed by atoms with van der Waals surface area (Å²) in [6.45, 7) is 3.26. The van der Waals surface area contributed by atoms with E-state index in [1.54, 1.807) is 24.4 Å². The SMILES string of the molecule is Cc1ccc(S(=O)(=O)ON=C2CCCN2Cc2ccc(Cl)nc2)cc1. The lowest BCUT2D eigenvalue weighted by molar-refractivity contribution is 0.324. The van der Waals surface area contributed by atoms with Gasteiger partial charge in [0.25, 0.3) is 0 Å². The normalized spacial score (nSPS) is 16.4. The molecular formula is C17H18ClN3O3S. The lowest BCUT2D eigenvalue weighted by atomic mass is 10.2. The van der Waals surface area contributed by atoms with E-state index in [2.05, 4.69) is 10.1 Å². The van der Waals surface area contributed by atoms with E-state index in [-0.39, 0.29) is 4.90 Å². The highest BCUT2D eigenvalue weighted by atomic mass is 35.5. The number of likely N-dealkylation sites (tertiary alicyclic amines) is 1. The lowest BCUT2D eigenvalue weighted by Gasteiger charge is -2.18. The van der Waals surface area contributed by atoms with Crippen LogP contribution in [0.15, 0.2) is 52.6 Å². The first kappa shape index (κ1) is 17.7. The van der Waals surface area contributed by atoms with Gasteiger partial charge in [-0.25, -0.2) is 4.98 Å². The summed E-state index contributed by atoms with van der Waals surface area (Å²) < 4.78 is 29.4. The van der Waals surface area contributed by atoms with Crippen LogP contribution < -0.4 is 0 Å². The lowest BCUT2D eigenvalue weighted by Crippen LogP contribution is -2.25. The molecule has 1 aromatic carbocycles. The molecule has 0 bridgehead atoms. The second kappa shape index (κ2) is 7.41. The summed E-state index contributed by atoms with van der Waals surface area (Å²) in [6.07, 6.45) is 3.26. The third-order valence-corrected chi connectivity index (χ3v) is 5.25. The number of nitrogens with zero attached hydrogens (tertiary/aromatic N) is 3. The van der Waals surface area contributed by atoms with Crippen LogP contribution in [0.2, 0.25) is 5.15 Å². The molecule has 0 radical (unpaired) electrons. The maximum Gasteiger partial charge on any atom is 0.358 e. The molecule has 0 atom stereocenters.